The topological polar surface area (TPSA) is 48.1 Å². The number of nitrogens with two attached hydrogens (primary N) is 1. The number of rotatable bonds is 5. The summed E-state index contributed by atoms with van der Waals surface area (Å²) < 4.78 is 19.8. The molecule has 0 atom stereocenters. The number of hydrogen-bond acceptors (Lipinski definition) is 4. The summed E-state index contributed by atoms with van der Waals surface area (Å²) in [6, 6.07) is 13.9. The van der Waals surface area contributed by atoms with Gasteiger partial charge in [0.15, 0.2) is 0 Å². The van der Waals surface area contributed by atoms with Crippen LogP contribution in [-0.4, -0.2) is 18.1 Å². The largest absolute Gasteiger partial charge is 0.486 e. The second kappa shape index (κ2) is 6.89. The van der Waals surface area contributed by atoms with Crippen LogP contribution < -0.4 is 10.5 Å². The van der Waals surface area contributed by atoms with E-state index in [2.05, 4.69) is 36.2 Å². The van der Waals surface area contributed by atoms with E-state index in [4.69, 9.17) is 10.5 Å². The number of benzene rings is 2. The van der Waals surface area contributed by atoms with Crippen molar-refractivity contribution in [2.45, 2.75) is 6.92 Å². The third-order valence-electron chi connectivity index (χ3n) is 3.37. The monoisotopic (exact) mass is 328 g/mol. The van der Waals surface area contributed by atoms with Gasteiger partial charge in [-0.2, -0.15) is 0 Å². The predicted molar refractivity (Wildman–Crippen MR) is 93.5 cm³/mol. The van der Waals surface area contributed by atoms with E-state index in [-0.39, 0.29) is 19.0 Å². The average molecular weight is 328 g/mol. The number of halogens is 1. The molecule has 3 nitrogen and oxygen atoms in total. The Morgan fingerprint density at radius 1 is 1.26 bits per heavy atom. The molecule has 0 amide bonds. The molecule has 3 rings (SSSR count). The molecule has 0 radical (unpaired) electrons. The van der Waals surface area contributed by atoms with Crippen LogP contribution in [0.15, 0.2) is 54.4 Å². The number of thiazole rings is 1. The lowest BCUT2D eigenvalue weighted by Gasteiger charge is -2.03. The van der Waals surface area contributed by atoms with Crippen LogP contribution in [0.2, 0.25) is 0 Å². The molecule has 0 bridgehead atoms. The zero-order chi connectivity index (χ0) is 16.2. The van der Waals surface area contributed by atoms with Crippen LogP contribution in [0.25, 0.3) is 20.8 Å². The summed E-state index contributed by atoms with van der Waals surface area (Å²) in [5.41, 5.74) is 8.43. The van der Waals surface area contributed by atoms with E-state index in [9.17, 15) is 4.39 Å². The lowest BCUT2D eigenvalue weighted by atomic mass is 10.2. The second-order valence-electron chi connectivity index (χ2n) is 5.19. The van der Waals surface area contributed by atoms with E-state index in [0.717, 1.165) is 20.8 Å². The molecule has 0 aliphatic heterocycles. The Morgan fingerprint density at radius 2 is 2.04 bits per heavy atom. The maximum atomic E-state index is 13.3. The van der Waals surface area contributed by atoms with Crippen molar-refractivity contribution < 1.29 is 9.13 Å². The molecule has 2 aromatic carbocycles. The number of fused-ring (bicyclic) bond motifs is 1. The van der Waals surface area contributed by atoms with Crippen LogP contribution >= 0.6 is 11.3 Å². The molecule has 2 N–H and O–H groups in total. The van der Waals surface area contributed by atoms with Crippen molar-refractivity contribution in [1.29, 1.82) is 0 Å². The molecule has 1 heterocycles. The first kappa shape index (κ1) is 15.6. The SMILES string of the molecule is Cc1ccc(-c2nc3cc(OC/C(F)=C\CN)ccc3s2)cc1. The molecule has 0 saturated carbocycles. The van der Waals surface area contributed by atoms with Crippen LogP contribution in [0.5, 0.6) is 5.75 Å². The van der Waals surface area contributed by atoms with Crippen molar-refractivity contribution in [3.8, 4) is 16.3 Å². The van der Waals surface area contributed by atoms with Crippen LogP contribution in [0.3, 0.4) is 0 Å². The molecule has 0 spiro atoms. The standard InChI is InChI=1S/C18H17FN2OS/c1-12-2-4-13(5-3-12)18-21-16-10-15(6-7-17(16)23-18)22-11-14(19)8-9-20/h2-8,10H,9,11,20H2,1H3/b14-8+. The van der Waals surface area contributed by atoms with E-state index in [1.165, 1.54) is 11.6 Å². The first-order valence-electron chi connectivity index (χ1n) is 7.31. The predicted octanol–water partition coefficient (Wildman–Crippen LogP) is 4.46. The van der Waals surface area contributed by atoms with Gasteiger partial charge in [0, 0.05) is 18.2 Å². The molecule has 0 aliphatic carbocycles. The van der Waals surface area contributed by atoms with Crippen LogP contribution in [0.4, 0.5) is 4.39 Å². The van der Waals surface area contributed by atoms with Gasteiger partial charge in [0.1, 0.15) is 23.2 Å². The van der Waals surface area contributed by atoms with E-state index in [1.54, 1.807) is 11.3 Å². The minimum atomic E-state index is -0.369. The minimum Gasteiger partial charge on any atom is -0.486 e. The molecule has 23 heavy (non-hydrogen) atoms. The highest BCUT2D eigenvalue weighted by atomic mass is 32.1. The highest BCUT2D eigenvalue weighted by Gasteiger charge is 2.08. The molecular formula is C18H17FN2OS. The van der Waals surface area contributed by atoms with Gasteiger partial charge in [0.05, 0.1) is 10.2 Å². The lowest BCUT2D eigenvalue weighted by molar-refractivity contribution is 0.318. The van der Waals surface area contributed by atoms with Gasteiger partial charge in [-0.05, 0) is 25.1 Å². The Hall–Kier alpha value is -2.24. The Kier molecular flexibility index (Phi) is 4.69. The summed E-state index contributed by atoms with van der Waals surface area (Å²) in [6.07, 6.45) is 1.30. The highest BCUT2D eigenvalue weighted by Crippen LogP contribution is 2.32. The third kappa shape index (κ3) is 3.75. The summed E-state index contributed by atoms with van der Waals surface area (Å²) in [6.45, 7) is 2.11. The third-order valence-corrected chi connectivity index (χ3v) is 4.46. The van der Waals surface area contributed by atoms with Gasteiger partial charge < -0.3 is 10.5 Å². The number of aryl methyl sites for hydroxylation is 1. The maximum Gasteiger partial charge on any atom is 0.139 e. The van der Waals surface area contributed by atoms with Gasteiger partial charge in [0.2, 0.25) is 0 Å². The summed E-state index contributed by atoms with van der Waals surface area (Å²) in [5, 5.41) is 0.964. The molecule has 0 saturated heterocycles. The Balaban J connectivity index is 1.83. The number of nitrogens with zero attached hydrogens (tertiary/aromatic N) is 1. The average Bonchev–Trinajstić information content (AvgIpc) is 2.97. The molecule has 1 aromatic heterocycles. The van der Waals surface area contributed by atoms with Gasteiger partial charge in [0.25, 0.3) is 0 Å². The summed E-state index contributed by atoms with van der Waals surface area (Å²) in [4.78, 5) is 4.65. The molecule has 0 unspecified atom stereocenters. The fraction of sp³-hybridized carbons (Fsp3) is 0.167. The van der Waals surface area contributed by atoms with Crippen molar-refractivity contribution in [2.24, 2.45) is 5.73 Å². The van der Waals surface area contributed by atoms with Gasteiger partial charge in [-0.3, -0.25) is 0 Å². The van der Waals surface area contributed by atoms with Crippen molar-refractivity contribution in [3.63, 3.8) is 0 Å². The summed E-state index contributed by atoms with van der Waals surface area (Å²) in [7, 11) is 0. The minimum absolute atomic E-state index is 0.113. The molecule has 118 valence electrons. The maximum absolute atomic E-state index is 13.3. The Morgan fingerprint density at radius 3 is 2.78 bits per heavy atom. The van der Waals surface area contributed by atoms with E-state index >= 15 is 0 Å². The van der Waals surface area contributed by atoms with Gasteiger partial charge in [-0.25, -0.2) is 9.37 Å². The second-order valence-corrected chi connectivity index (χ2v) is 6.22. The van der Waals surface area contributed by atoms with E-state index in [1.807, 2.05) is 18.2 Å². The lowest BCUT2D eigenvalue weighted by Crippen LogP contribution is -2.01. The van der Waals surface area contributed by atoms with Gasteiger partial charge in [-0.15, -0.1) is 11.3 Å². The number of ether oxygens (including phenoxy) is 1. The smallest absolute Gasteiger partial charge is 0.139 e. The summed E-state index contributed by atoms with van der Waals surface area (Å²) >= 11 is 1.63. The van der Waals surface area contributed by atoms with Crippen LogP contribution in [0.1, 0.15) is 5.56 Å². The summed E-state index contributed by atoms with van der Waals surface area (Å²) in [5.74, 6) is 0.227. The van der Waals surface area contributed by atoms with Crippen molar-refractivity contribution in [2.75, 3.05) is 13.2 Å². The van der Waals surface area contributed by atoms with Crippen molar-refractivity contribution in [3.05, 3.63) is 59.9 Å². The molecule has 0 aliphatic rings. The van der Waals surface area contributed by atoms with Crippen molar-refractivity contribution >= 4 is 21.6 Å². The Bertz CT molecular complexity index is 840. The van der Waals surface area contributed by atoms with Gasteiger partial charge >= 0.3 is 0 Å². The highest BCUT2D eigenvalue weighted by molar-refractivity contribution is 7.21. The van der Waals surface area contributed by atoms with Crippen LogP contribution in [-0.2, 0) is 0 Å². The van der Waals surface area contributed by atoms with Gasteiger partial charge in [-0.1, -0.05) is 29.8 Å². The molecule has 3 aromatic rings. The molecular weight excluding hydrogens is 311 g/mol. The zero-order valence-electron chi connectivity index (χ0n) is 12.8. The normalized spacial score (nSPS) is 11.9. The molecule has 5 heteroatoms. The zero-order valence-corrected chi connectivity index (χ0v) is 13.6. The van der Waals surface area contributed by atoms with Crippen molar-refractivity contribution in [1.82, 2.24) is 4.98 Å². The fourth-order valence-electron chi connectivity index (χ4n) is 2.16. The first-order valence-corrected chi connectivity index (χ1v) is 8.12. The Labute approximate surface area is 138 Å². The van der Waals surface area contributed by atoms with E-state index < -0.39 is 0 Å². The van der Waals surface area contributed by atoms with Crippen LogP contribution in [0, 0.1) is 6.92 Å². The fourth-order valence-corrected chi connectivity index (χ4v) is 3.11. The number of hydrogen-bond donors (Lipinski definition) is 1. The number of aromatic nitrogens is 1. The quantitative estimate of drug-likeness (QED) is 0.752. The first-order chi connectivity index (χ1) is 11.2. The molecule has 0 fully saturated rings. The van der Waals surface area contributed by atoms with E-state index in [0.29, 0.717) is 5.75 Å².